The number of ether oxygens (including phenoxy) is 1. The van der Waals surface area contributed by atoms with E-state index in [1.165, 1.54) is 24.6 Å². The summed E-state index contributed by atoms with van der Waals surface area (Å²) in [5.74, 6) is 0.370. The Labute approximate surface area is 158 Å². The van der Waals surface area contributed by atoms with Crippen LogP contribution in [0.5, 0.6) is 0 Å². The number of benzene rings is 1. The molecule has 25 heavy (non-hydrogen) atoms. The molecule has 0 radical (unpaired) electrons. The van der Waals surface area contributed by atoms with Crippen LogP contribution < -0.4 is 0 Å². The third-order valence-electron chi connectivity index (χ3n) is 4.54. The first kappa shape index (κ1) is 18.8. The van der Waals surface area contributed by atoms with E-state index in [2.05, 4.69) is 35.6 Å². The fraction of sp³-hybridized carbons (Fsp3) is 0.526. The van der Waals surface area contributed by atoms with Crippen molar-refractivity contribution in [2.24, 2.45) is 0 Å². The van der Waals surface area contributed by atoms with Crippen molar-refractivity contribution in [3.63, 3.8) is 0 Å². The van der Waals surface area contributed by atoms with Gasteiger partial charge in [-0.2, -0.15) is 5.10 Å². The number of hydrogen-bond donors (Lipinski definition) is 0. The molecule has 1 saturated carbocycles. The van der Waals surface area contributed by atoms with Crippen molar-refractivity contribution >= 4 is 24.0 Å². The van der Waals surface area contributed by atoms with E-state index in [1.807, 2.05) is 10.7 Å². The Balaban J connectivity index is 1.82. The molecule has 1 fully saturated rings. The fourth-order valence-electron chi connectivity index (χ4n) is 2.80. The molecule has 0 spiro atoms. The Kier molecular flexibility index (Phi) is 5.51. The highest BCUT2D eigenvalue weighted by Gasteiger charge is 2.32. The normalized spacial score (nSPS) is 15.0. The van der Waals surface area contributed by atoms with Crippen LogP contribution in [0.4, 0.5) is 4.39 Å². The highest BCUT2D eigenvalue weighted by Crippen LogP contribution is 2.46. The molecule has 0 unspecified atom stereocenters. The number of aromatic nitrogens is 2. The van der Waals surface area contributed by atoms with E-state index in [1.54, 1.807) is 13.0 Å². The predicted molar refractivity (Wildman–Crippen MR) is 106 cm³/mol. The maximum absolute atomic E-state index is 13.6. The lowest BCUT2D eigenvalue weighted by atomic mass is 10.1. The number of nitrogens with zero attached hydrogens (tertiary/aromatic N) is 2. The molecule has 0 N–H and O–H groups in total. The lowest BCUT2D eigenvalue weighted by Crippen LogP contribution is -2.22. The Bertz CT molecular complexity index is 766. The minimum Gasteiger partial charge on any atom is -0.360 e. The molecule has 1 aromatic carbocycles. The second-order valence-corrected chi connectivity index (χ2v) is 14.5. The summed E-state index contributed by atoms with van der Waals surface area (Å²) in [5.41, 5.74) is 3.66. The first-order valence-electron chi connectivity index (χ1n) is 8.87. The van der Waals surface area contributed by atoms with Gasteiger partial charge in [0, 0.05) is 26.2 Å². The molecule has 0 saturated heterocycles. The van der Waals surface area contributed by atoms with Crippen LogP contribution in [0, 0.1) is 12.7 Å². The smallest absolute Gasteiger partial charge is 0.139 e. The lowest BCUT2D eigenvalue weighted by Gasteiger charge is -2.15. The summed E-state index contributed by atoms with van der Waals surface area (Å²) in [4.78, 5) is 0. The van der Waals surface area contributed by atoms with Crippen molar-refractivity contribution in [2.45, 2.75) is 58.1 Å². The van der Waals surface area contributed by atoms with Crippen molar-refractivity contribution in [3.8, 4) is 11.3 Å². The number of halogens is 2. The summed E-state index contributed by atoms with van der Waals surface area (Å²) in [6.07, 6.45) is 2.39. The predicted octanol–water partition coefficient (Wildman–Crippen LogP) is 5.95. The minimum atomic E-state index is -1.09. The second-order valence-electron chi connectivity index (χ2n) is 8.13. The third-order valence-corrected chi connectivity index (χ3v) is 7.02. The van der Waals surface area contributed by atoms with Crippen LogP contribution in [-0.2, 0) is 11.5 Å². The molecular formula is C19H26BrFN2OSi. The van der Waals surface area contributed by atoms with Gasteiger partial charge in [0.2, 0.25) is 0 Å². The summed E-state index contributed by atoms with van der Waals surface area (Å²) < 4.78 is 22.5. The van der Waals surface area contributed by atoms with E-state index < -0.39 is 8.07 Å². The summed E-state index contributed by atoms with van der Waals surface area (Å²) in [5, 5.41) is 4.78. The summed E-state index contributed by atoms with van der Waals surface area (Å²) >= 11 is 3.74. The van der Waals surface area contributed by atoms with Gasteiger partial charge in [0.05, 0.1) is 10.2 Å². The van der Waals surface area contributed by atoms with Crippen molar-refractivity contribution in [1.82, 2.24) is 9.78 Å². The molecule has 6 heteroatoms. The van der Waals surface area contributed by atoms with E-state index in [0.29, 0.717) is 18.2 Å². The van der Waals surface area contributed by atoms with Gasteiger partial charge >= 0.3 is 0 Å². The molecule has 3 rings (SSSR count). The average Bonchev–Trinajstić information content (AvgIpc) is 3.30. The molecule has 1 aromatic heterocycles. The van der Waals surface area contributed by atoms with E-state index in [-0.39, 0.29) is 5.82 Å². The SMILES string of the molecule is Cc1cc(-c2nn(COCC[Si](C)(C)C)c(C3CC3)c2Br)ccc1F. The zero-order chi connectivity index (χ0) is 18.2. The monoisotopic (exact) mass is 424 g/mol. The van der Waals surface area contributed by atoms with E-state index in [9.17, 15) is 4.39 Å². The largest absolute Gasteiger partial charge is 0.360 e. The molecule has 0 amide bonds. The Morgan fingerprint density at radius 3 is 2.64 bits per heavy atom. The standard InChI is InChI=1S/C19H26BrFN2OSi/c1-13-11-15(7-8-16(13)21)18-17(20)19(14-5-6-14)23(22-18)12-24-9-10-25(2,3)4/h7-8,11,14H,5-6,9-10,12H2,1-4H3. The van der Waals surface area contributed by atoms with Crippen LogP contribution in [0.2, 0.25) is 25.7 Å². The topological polar surface area (TPSA) is 27.1 Å². The third kappa shape index (κ3) is 4.60. The van der Waals surface area contributed by atoms with E-state index in [4.69, 9.17) is 9.84 Å². The zero-order valence-corrected chi connectivity index (χ0v) is 18.0. The van der Waals surface area contributed by atoms with Crippen LogP contribution in [0.3, 0.4) is 0 Å². The average molecular weight is 425 g/mol. The molecule has 1 aliphatic carbocycles. The van der Waals surface area contributed by atoms with Gasteiger partial charge in [-0.15, -0.1) is 0 Å². The van der Waals surface area contributed by atoms with Gasteiger partial charge in [0.25, 0.3) is 0 Å². The van der Waals surface area contributed by atoms with Gasteiger partial charge in [0.1, 0.15) is 18.2 Å². The molecule has 0 aliphatic heterocycles. The molecule has 3 nitrogen and oxygen atoms in total. The molecule has 0 bridgehead atoms. The molecule has 136 valence electrons. The Morgan fingerprint density at radius 2 is 2.04 bits per heavy atom. The maximum Gasteiger partial charge on any atom is 0.139 e. The summed E-state index contributed by atoms with van der Waals surface area (Å²) in [6, 6.07) is 6.31. The van der Waals surface area contributed by atoms with E-state index >= 15 is 0 Å². The maximum atomic E-state index is 13.6. The van der Waals surface area contributed by atoms with Gasteiger partial charge in [-0.3, -0.25) is 0 Å². The van der Waals surface area contributed by atoms with Crippen LogP contribution in [0.1, 0.15) is 30.0 Å². The van der Waals surface area contributed by atoms with E-state index in [0.717, 1.165) is 28.4 Å². The van der Waals surface area contributed by atoms with Gasteiger partial charge in [-0.05, 0) is 65.5 Å². The van der Waals surface area contributed by atoms with Crippen LogP contribution in [-0.4, -0.2) is 24.5 Å². The number of hydrogen-bond acceptors (Lipinski definition) is 2. The number of aryl methyl sites for hydroxylation is 1. The van der Waals surface area contributed by atoms with Crippen molar-refractivity contribution in [3.05, 3.63) is 39.7 Å². The molecule has 2 aromatic rings. The first-order chi connectivity index (χ1) is 11.8. The molecule has 1 heterocycles. The van der Waals surface area contributed by atoms with Gasteiger partial charge in [-0.1, -0.05) is 19.6 Å². The zero-order valence-electron chi connectivity index (χ0n) is 15.4. The lowest BCUT2D eigenvalue weighted by molar-refractivity contribution is 0.0765. The minimum absolute atomic E-state index is 0.184. The van der Waals surface area contributed by atoms with Crippen LogP contribution in [0.15, 0.2) is 22.7 Å². The second kappa shape index (κ2) is 7.33. The van der Waals surface area contributed by atoms with Crippen LogP contribution in [0.25, 0.3) is 11.3 Å². The molecule has 1 aliphatic rings. The molecular weight excluding hydrogens is 399 g/mol. The highest BCUT2D eigenvalue weighted by molar-refractivity contribution is 9.10. The van der Waals surface area contributed by atoms with Crippen molar-refractivity contribution < 1.29 is 9.13 Å². The fourth-order valence-corrected chi connectivity index (χ4v) is 4.40. The van der Waals surface area contributed by atoms with Gasteiger partial charge < -0.3 is 4.74 Å². The summed E-state index contributed by atoms with van der Waals surface area (Å²) in [7, 11) is -1.09. The van der Waals surface area contributed by atoms with Crippen LogP contribution >= 0.6 is 15.9 Å². The van der Waals surface area contributed by atoms with Gasteiger partial charge in [-0.25, -0.2) is 9.07 Å². The number of rotatable bonds is 7. The molecule has 0 atom stereocenters. The van der Waals surface area contributed by atoms with Crippen molar-refractivity contribution in [1.29, 1.82) is 0 Å². The highest BCUT2D eigenvalue weighted by atomic mass is 79.9. The summed E-state index contributed by atoms with van der Waals surface area (Å²) in [6.45, 7) is 10.1. The Morgan fingerprint density at radius 1 is 1.32 bits per heavy atom. The first-order valence-corrected chi connectivity index (χ1v) is 13.4. The van der Waals surface area contributed by atoms with Crippen molar-refractivity contribution in [2.75, 3.05) is 6.61 Å². The Hall–Kier alpha value is -0.983. The van der Waals surface area contributed by atoms with Gasteiger partial charge in [0.15, 0.2) is 0 Å². The quantitative estimate of drug-likeness (QED) is 0.405.